The minimum atomic E-state index is -3.13. The van der Waals surface area contributed by atoms with Gasteiger partial charge >= 0.3 is 0 Å². The zero-order valence-electron chi connectivity index (χ0n) is 13.1. The average molecular weight is 308 g/mol. The molecule has 0 aliphatic rings. The topological polar surface area (TPSA) is 65.1 Å². The molecule has 0 spiro atoms. The van der Waals surface area contributed by atoms with Crippen molar-refractivity contribution in [2.45, 2.75) is 51.3 Å². The summed E-state index contributed by atoms with van der Waals surface area (Å²) in [5.41, 5.74) is 8.79. The molecule has 4 nitrogen and oxygen atoms in total. The normalized spacial score (nSPS) is 12.7. The number of rotatable bonds is 5. The van der Waals surface area contributed by atoms with Gasteiger partial charge in [-0.25, -0.2) is 8.42 Å². The van der Waals surface area contributed by atoms with Gasteiger partial charge in [0.2, 0.25) is 0 Å². The lowest BCUT2D eigenvalue weighted by Gasteiger charge is -2.17. The van der Waals surface area contributed by atoms with E-state index in [1.54, 1.807) is 13.8 Å². The van der Waals surface area contributed by atoms with Crippen LogP contribution in [0.5, 0.6) is 0 Å². The van der Waals surface area contributed by atoms with Gasteiger partial charge in [0.05, 0.1) is 16.5 Å². The molecule has 2 N–H and O–H groups in total. The van der Waals surface area contributed by atoms with Gasteiger partial charge in [0.15, 0.2) is 9.84 Å². The first kappa shape index (κ1) is 16.0. The van der Waals surface area contributed by atoms with Crippen molar-refractivity contribution in [3.8, 4) is 0 Å². The summed E-state index contributed by atoms with van der Waals surface area (Å²) in [6.07, 6.45) is 0. The highest BCUT2D eigenvalue weighted by Crippen LogP contribution is 2.28. The predicted molar refractivity (Wildman–Crippen MR) is 88.0 cm³/mol. The fraction of sp³-hybridized carbons (Fsp3) is 0.500. The van der Waals surface area contributed by atoms with Crippen LogP contribution in [0.3, 0.4) is 0 Å². The quantitative estimate of drug-likeness (QED) is 0.923. The maximum Gasteiger partial charge on any atom is 0.158 e. The molecule has 0 saturated heterocycles. The molecule has 0 aliphatic heterocycles. The minimum Gasteiger partial charge on any atom is -0.341 e. The van der Waals surface area contributed by atoms with E-state index in [4.69, 9.17) is 5.73 Å². The molecule has 0 fully saturated rings. The molecular formula is C16H24N2O2S. The number of nitrogens with zero attached hydrogens (tertiary/aromatic N) is 1. The van der Waals surface area contributed by atoms with E-state index >= 15 is 0 Å². The van der Waals surface area contributed by atoms with Crippen molar-refractivity contribution in [1.82, 2.24) is 4.57 Å². The highest BCUT2D eigenvalue weighted by atomic mass is 32.2. The predicted octanol–water partition coefficient (Wildman–Crippen LogP) is 3.00. The van der Waals surface area contributed by atoms with E-state index in [-0.39, 0.29) is 17.0 Å². The zero-order valence-corrected chi connectivity index (χ0v) is 13.9. The lowest BCUT2D eigenvalue weighted by molar-refractivity contribution is 0.574. The zero-order chi connectivity index (χ0) is 15.8. The Kier molecular flexibility index (Phi) is 4.44. The summed E-state index contributed by atoms with van der Waals surface area (Å²) < 4.78 is 26.6. The Bertz CT molecular complexity index is 743. The van der Waals surface area contributed by atoms with Gasteiger partial charge in [0.25, 0.3) is 0 Å². The van der Waals surface area contributed by atoms with E-state index in [2.05, 4.69) is 18.4 Å². The second kappa shape index (κ2) is 5.81. The first-order valence-corrected chi connectivity index (χ1v) is 9.02. The summed E-state index contributed by atoms with van der Waals surface area (Å²) in [6, 6.07) is 8.15. The van der Waals surface area contributed by atoms with Crippen LogP contribution in [0.25, 0.3) is 10.9 Å². The molecule has 1 heterocycles. The van der Waals surface area contributed by atoms with Crippen LogP contribution >= 0.6 is 0 Å². The number of sulfone groups is 1. The smallest absolute Gasteiger partial charge is 0.158 e. The highest BCUT2D eigenvalue weighted by Gasteiger charge is 2.22. The SMILES string of the molecule is CC(C)n1c(CS(=O)(=O)C(C)C)cc2cccc(CN)c21. The van der Waals surface area contributed by atoms with Crippen molar-refractivity contribution >= 4 is 20.7 Å². The van der Waals surface area contributed by atoms with Crippen LogP contribution in [-0.4, -0.2) is 18.2 Å². The number of fused-ring (bicyclic) bond motifs is 1. The Balaban J connectivity index is 2.67. The average Bonchev–Trinajstić information content (AvgIpc) is 2.75. The summed E-state index contributed by atoms with van der Waals surface area (Å²) in [5, 5.41) is 0.686. The maximum atomic E-state index is 12.3. The van der Waals surface area contributed by atoms with Crippen molar-refractivity contribution in [3.63, 3.8) is 0 Å². The number of hydrogen-bond acceptors (Lipinski definition) is 3. The van der Waals surface area contributed by atoms with Crippen LogP contribution in [0.2, 0.25) is 0 Å². The maximum absolute atomic E-state index is 12.3. The standard InChI is InChI=1S/C16H24N2O2S/c1-11(2)18-15(10-21(19,20)12(3)4)8-13-6-5-7-14(9-17)16(13)18/h5-8,11-12H,9-10,17H2,1-4H3. The lowest BCUT2D eigenvalue weighted by Crippen LogP contribution is -2.19. The minimum absolute atomic E-state index is 0.0710. The number of aromatic nitrogens is 1. The summed E-state index contributed by atoms with van der Waals surface area (Å²) in [7, 11) is -3.13. The van der Waals surface area contributed by atoms with Crippen LogP contribution < -0.4 is 5.73 Å². The van der Waals surface area contributed by atoms with Crippen molar-refractivity contribution in [2.24, 2.45) is 5.73 Å². The Hall–Kier alpha value is -1.33. The van der Waals surface area contributed by atoms with Crippen LogP contribution in [0.4, 0.5) is 0 Å². The lowest BCUT2D eigenvalue weighted by atomic mass is 10.1. The number of para-hydroxylation sites is 1. The highest BCUT2D eigenvalue weighted by molar-refractivity contribution is 7.91. The third-order valence-electron chi connectivity index (χ3n) is 3.83. The van der Waals surface area contributed by atoms with Crippen molar-refractivity contribution in [1.29, 1.82) is 0 Å². The fourth-order valence-corrected chi connectivity index (χ4v) is 3.62. The molecule has 0 aliphatic carbocycles. The van der Waals surface area contributed by atoms with E-state index in [1.165, 1.54) is 0 Å². The van der Waals surface area contributed by atoms with E-state index in [1.807, 2.05) is 24.3 Å². The Morgan fingerprint density at radius 1 is 1.19 bits per heavy atom. The van der Waals surface area contributed by atoms with Gasteiger partial charge in [-0.1, -0.05) is 18.2 Å². The number of hydrogen-bond donors (Lipinski definition) is 1. The molecular weight excluding hydrogens is 284 g/mol. The molecule has 0 bridgehead atoms. The van der Waals surface area contributed by atoms with E-state index in [0.717, 1.165) is 22.2 Å². The van der Waals surface area contributed by atoms with E-state index < -0.39 is 9.84 Å². The van der Waals surface area contributed by atoms with Crippen molar-refractivity contribution in [2.75, 3.05) is 0 Å². The third kappa shape index (κ3) is 2.99. The molecule has 0 unspecified atom stereocenters. The molecule has 21 heavy (non-hydrogen) atoms. The van der Waals surface area contributed by atoms with Gasteiger partial charge in [0.1, 0.15) is 0 Å². The summed E-state index contributed by atoms with van der Waals surface area (Å²) in [5.74, 6) is 0.0710. The second-order valence-electron chi connectivity index (χ2n) is 6.01. The molecule has 0 atom stereocenters. The number of nitrogens with two attached hydrogens (primary N) is 1. The van der Waals surface area contributed by atoms with Gasteiger partial charge in [-0.15, -0.1) is 0 Å². The largest absolute Gasteiger partial charge is 0.341 e. The summed E-state index contributed by atoms with van der Waals surface area (Å²) in [6.45, 7) is 8.03. The summed E-state index contributed by atoms with van der Waals surface area (Å²) >= 11 is 0. The van der Waals surface area contributed by atoms with Crippen LogP contribution in [-0.2, 0) is 22.1 Å². The first-order valence-electron chi connectivity index (χ1n) is 7.31. The Morgan fingerprint density at radius 2 is 1.86 bits per heavy atom. The molecule has 0 radical (unpaired) electrons. The van der Waals surface area contributed by atoms with Crippen LogP contribution in [0.15, 0.2) is 24.3 Å². The first-order chi connectivity index (χ1) is 9.77. The third-order valence-corrected chi connectivity index (χ3v) is 5.96. The Labute approximate surface area is 126 Å². The van der Waals surface area contributed by atoms with Gasteiger partial charge in [0, 0.05) is 23.7 Å². The van der Waals surface area contributed by atoms with Crippen LogP contribution in [0, 0.1) is 0 Å². The Morgan fingerprint density at radius 3 is 2.38 bits per heavy atom. The van der Waals surface area contributed by atoms with E-state index in [9.17, 15) is 8.42 Å². The fourth-order valence-electron chi connectivity index (χ4n) is 2.65. The number of benzene rings is 1. The molecule has 0 amide bonds. The monoisotopic (exact) mass is 308 g/mol. The van der Waals surface area contributed by atoms with Crippen molar-refractivity contribution in [3.05, 3.63) is 35.5 Å². The van der Waals surface area contributed by atoms with E-state index in [0.29, 0.717) is 6.54 Å². The van der Waals surface area contributed by atoms with Gasteiger partial charge in [-0.2, -0.15) is 0 Å². The molecule has 1 aromatic heterocycles. The van der Waals surface area contributed by atoms with Crippen LogP contribution in [0.1, 0.15) is 45.0 Å². The molecule has 2 aromatic rings. The molecule has 2 rings (SSSR count). The molecule has 0 saturated carbocycles. The van der Waals surface area contributed by atoms with Gasteiger partial charge in [-0.3, -0.25) is 0 Å². The molecule has 1 aromatic carbocycles. The molecule has 5 heteroatoms. The van der Waals surface area contributed by atoms with Gasteiger partial charge < -0.3 is 10.3 Å². The van der Waals surface area contributed by atoms with Crippen molar-refractivity contribution < 1.29 is 8.42 Å². The molecule has 116 valence electrons. The summed E-state index contributed by atoms with van der Waals surface area (Å²) in [4.78, 5) is 0. The second-order valence-corrected chi connectivity index (χ2v) is 8.57. The van der Waals surface area contributed by atoms with Gasteiger partial charge in [-0.05, 0) is 39.3 Å².